The van der Waals surface area contributed by atoms with Crippen LogP contribution in [-0.2, 0) is 9.53 Å². The van der Waals surface area contributed by atoms with E-state index in [4.69, 9.17) is 28.9 Å². The molecule has 0 heterocycles. The van der Waals surface area contributed by atoms with Gasteiger partial charge in [-0.2, -0.15) is 0 Å². The summed E-state index contributed by atoms with van der Waals surface area (Å²) in [6.07, 6.45) is 0. The van der Waals surface area contributed by atoms with Gasteiger partial charge in [0.15, 0.2) is 0 Å². The zero-order valence-corrected chi connectivity index (χ0v) is 10.4. The molecule has 0 bridgehead atoms. The number of nitrogens with one attached hydrogen (secondary N) is 1. The number of carbonyl (C=O) groups is 2. The molecule has 0 spiro atoms. The standard InChI is InChI=1S/C10H10Cl2N2O3/c1-17-10(16)6-2-5(11)3-7(12)9(6)14-4-8(13)15/h2-3,14H,4H2,1H3,(H2,13,15). The summed E-state index contributed by atoms with van der Waals surface area (Å²) in [6, 6.07) is 2.83. The van der Waals surface area contributed by atoms with Crippen LogP contribution in [0.3, 0.4) is 0 Å². The number of rotatable bonds is 4. The van der Waals surface area contributed by atoms with Crippen molar-refractivity contribution in [1.82, 2.24) is 0 Å². The van der Waals surface area contributed by atoms with E-state index in [-0.39, 0.29) is 22.8 Å². The van der Waals surface area contributed by atoms with Gasteiger partial charge in [0.2, 0.25) is 5.91 Å². The number of amides is 1. The lowest BCUT2D eigenvalue weighted by Gasteiger charge is -2.11. The number of carbonyl (C=O) groups excluding carboxylic acids is 2. The van der Waals surface area contributed by atoms with E-state index >= 15 is 0 Å². The molecule has 7 heteroatoms. The number of nitrogens with two attached hydrogens (primary N) is 1. The molecule has 92 valence electrons. The van der Waals surface area contributed by atoms with Crippen molar-refractivity contribution in [1.29, 1.82) is 0 Å². The molecule has 5 nitrogen and oxygen atoms in total. The second-order valence-corrected chi connectivity index (χ2v) is 3.97. The first-order chi connectivity index (χ1) is 7.95. The minimum absolute atomic E-state index is 0.145. The Morgan fingerprint density at radius 3 is 2.59 bits per heavy atom. The number of benzene rings is 1. The van der Waals surface area contributed by atoms with Crippen LogP contribution < -0.4 is 11.1 Å². The predicted octanol–water partition coefficient (Wildman–Crippen LogP) is 1.68. The molecule has 1 amide bonds. The number of primary amides is 1. The zero-order chi connectivity index (χ0) is 13.0. The summed E-state index contributed by atoms with van der Waals surface area (Å²) in [7, 11) is 1.23. The lowest BCUT2D eigenvalue weighted by atomic mass is 10.1. The number of esters is 1. The highest BCUT2D eigenvalue weighted by molar-refractivity contribution is 6.37. The molecule has 1 aromatic rings. The Bertz CT molecular complexity index is 463. The maximum atomic E-state index is 11.5. The van der Waals surface area contributed by atoms with Gasteiger partial charge in [0.1, 0.15) is 0 Å². The van der Waals surface area contributed by atoms with E-state index < -0.39 is 11.9 Å². The molecular weight excluding hydrogens is 267 g/mol. The average molecular weight is 277 g/mol. The van der Waals surface area contributed by atoms with Crippen LogP contribution in [-0.4, -0.2) is 25.5 Å². The molecule has 0 aliphatic carbocycles. The number of halogens is 2. The van der Waals surface area contributed by atoms with E-state index in [0.717, 1.165) is 0 Å². The molecule has 1 aromatic carbocycles. The van der Waals surface area contributed by atoms with Gasteiger partial charge >= 0.3 is 5.97 Å². The Kier molecular flexibility index (Phi) is 4.60. The van der Waals surface area contributed by atoms with Gasteiger partial charge in [0, 0.05) is 5.02 Å². The number of anilines is 1. The van der Waals surface area contributed by atoms with E-state index in [1.807, 2.05) is 0 Å². The van der Waals surface area contributed by atoms with Crippen molar-refractivity contribution in [3.05, 3.63) is 27.7 Å². The maximum Gasteiger partial charge on any atom is 0.340 e. The number of hydrogen-bond acceptors (Lipinski definition) is 4. The molecule has 3 N–H and O–H groups in total. The van der Waals surface area contributed by atoms with Crippen molar-refractivity contribution in [3.8, 4) is 0 Å². The Morgan fingerprint density at radius 2 is 2.06 bits per heavy atom. The first-order valence-electron chi connectivity index (χ1n) is 4.55. The molecule has 0 unspecified atom stereocenters. The highest BCUT2D eigenvalue weighted by Gasteiger charge is 2.16. The zero-order valence-electron chi connectivity index (χ0n) is 8.92. The monoisotopic (exact) mass is 276 g/mol. The van der Waals surface area contributed by atoms with Gasteiger partial charge in [0.25, 0.3) is 0 Å². The quantitative estimate of drug-likeness (QED) is 0.820. The molecule has 0 aliphatic rings. The van der Waals surface area contributed by atoms with Gasteiger partial charge in [0.05, 0.1) is 29.9 Å². The van der Waals surface area contributed by atoms with Crippen LogP contribution in [0.25, 0.3) is 0 Å². The van der Waals surface area contributed by atoms with Crippen molar-refractivity contribution < 1.29 is 14.3 Å². The summed E-state index contributed by atoms with van der Waals surface area (Å²) in [5.41, 5.74) is 5.40. The molecule has 0 aromatic heterocycles. The van der Waals surface area contributed by atoms with Gasteiger partial charge in [-0.3, -0.25) is 4.79 Å². The highest BCUT2D eigenvalue weighted by atomic mass is 35.5. The van der Waals surface area contributed by atoms with Gasteiger partial charge in [-0.05, 0) is 12.1 Å². The Morgan fingerprint density at radius 1 is 1.41 bits per heavy atom. The molecule has 0 fully saturated rings. The highest BCUT2D eigenvalue weighted by Crippen LogP contribution is 2.30. The number of ether oxygens (including phenoxy) is 1. The second kappa shape index (κ2) is 5.75. The smallest absolute Gasteiger partial charge is 0.340 e. The van der Waals surface area contributed by atoms with E-state index in [1.165, 1.54) is 19.2 Å². The van der Waals surface area contributed by atoms with E-state index in [2.05, 4.69) is 10.1 Å². The third kappa shape index (κ3) is 3.51. The third-order valence-corrected chi connectivity index (χ3v) is 2.42. The van der Waals surface area contributed by atoms with Crippen molar-refractivity contribution in [3.63, 3.8) is 0 Å². The number of methoxy groups -OCH3 is 1. The summed E-state index contributed by atoms with van der Waals surface area (Å²) < 4.78 is 4.58. The molecule has 0 radical (unpaired) electrons. The van der Waals surface area contributed by atoms with Gasteiger partial charge in [-0.1, -0.05) is 23.2 Å². The first-order valence-corrected chi connectivity index (χ1v) is 5.30. The Balaban J connectivity index is 3.15. The first kappa shape index (κ1) is 13.6. The predicted molar refractivity (Wildman–Crippen MR) is 65.5 cm³/mol. The van der Waals surface area contributed by atoms with Gasteiger partial charge in [-0.25, -0.2) is 4.79 Å². The van der Waals surface area contributed by atoms with Crippen LogP contribution >= 0.6 is 23.2 Å². The topological polar surface area (TPSA) is 81.4 Å². The molecule has 0 saturated carbocycles. The van der Waals surface area contributed by atoms with E-state index in [0.29, 0.717) is 5.02 Å². The summed E-state index contributed by atoms with van der Waals surface area (Å²) >= 11 is 11.7. The third-order valence-electron chi connectivity index (χ3n) is 1.90. The van der Waals surface area contributed by atoms with E-state index in [9.17, 15) is 9.59 Å². The summed E-state index contributed by atoms with van der Waals surface area (Å²) in [5, 5.41) is 3.16. The Hall–Kier alpha value is -1.46. The summed E-state index contributed by atoms with van der Waals surface area (Å²) in [5.74, 6) is -1.19. The average Bonchev–Trinajstić information content (AvgIpc) is 2.25. The van der Waals surface area contributed by atoms with Crippen molar-refractivity contribution in [2.75, 3.05) is 19.0 Å². The van der Waals surface area contributed by atoms with Crippen LogP contribution in [0.15, 0.2) is 12.1 Å². The van der Waals surface area contributed by atoms with Gasteiger partial charge in [-0.15, -0.1) is 0 Å². The SMILES string of the molecule is COC(=O)c1cc(Cl)cc(Cl)c1NCC(N)=O. The largest absolute Gasteiger partial charge is 0.465 e. The fraction of sp³-hybridized carbons (Fsp3) is 0.200. The van der Waals surface area contributed by atoms with Crippen molar-refractivity contribution in [2.24, 2.45) is 5.73 Å². The number of hydrogen-bond donors (Lipinski definition) is 2. The van der Waals surface area contributed by atoms with Crippen molar-refractivity contribution in [2.45, 2.75) is 0 Å². The molecule has 1 rings (SSSR count). The molecule has 0 atom stereocenters. The molecule has 0 aliphatic heterocycles. The fourth-order valence-electron chi connectivity index (χ4n) is 1.20. The van der Waals surface area contributed by atoms with Crippen LogP contribution in [0, 0.1) is 0 Å². The minimum atomic E-state index is -0.610. The van der Waals surface area contributed by atoms with Crippen LogP contribution in [0.4, 0.5) is 5.69 Å². The van der Waals surface area contributed by atoms with Gasteiger partial charge < -0.3 is 15.8 Å². The second-order valence-electron chi connectivity index (χ2n) is 3.12. The van der Waals surface area contributed by atoms with Crippen LogP contribution in [0.1, 0.15) is 10.4 Å². The van der Waals surface area contributed by atoms with Crippen molar-refractivity contribution >= 4 is 40.8 Å². The fourth-order valence-corrected chi connectivity index (χ4v) is 1.76. The molecular formula is C10H10Cl2N2O3. The lowest BCUT2D eigenvalue weighted by molar-refractivity contribution is -0.116. The summed E-state index contributed by atoms with van der Waals surface area (Å²) in [4.78, 5) is 22.2. The van der Waals surface area contributed by atoms with Crippen LogP contribution in [0.2, 0.25) is 10.0 Å². The molecule has 0 saturated heterocycles. The van der Waals surface area contributed by atoms with Crippen LogP contribution in [0.5, 0.6) is 0 Å². The molecule has 17 heavy (non-hydrogen) atoms. The van der Waals surface area contributed by atoms with E-state index in [1.54, 1.807) is 0 Å². The normalized spacial score (nSPS) is 9.82. The summed E-state index contributed by atoms with van der Waals surface area (Å²) in [6.45, 7) is -0.147. The minimum Gasteiger partial charge on any atom is -0.465 e. The maximum absolute atomic E-state index is 11.5. The Labute approximate surface area is 108 Å². The lowest BCUT2D eigenvalue weighted by Crippen LogP contribution is -2.23.